The lowest BCUT2D eigenvalue weighted by atomic mass is 9.92. The predicted molar refractivity (Wildman–Crippen MR) is 79.0 cm³/mol. The van der Waals surface area contributed by atoms with Crippen molar-refractivity contribution >= 4 is 5.91 Å². The summed E-state index contributed by atoms with van der Waals surface area (Å²) >= 11 is 0. The molecule has 0 unspecified atom stereocenters. The first-order chi connectivity index (χ1) is 10.1. The Balaban J connectivity index is 2.22. The van der Waals surface area contributed by atoms with Gasteiger partial charge in [0.05, 0.1) is 5.54 Å². The van der Waals surface area contributed by atoms with Crippen molar-refractivity contribution < 1.29 is 4.79 Å². The fraction of sp³-hybridized carbons (Fsp3) is 0.429. The van der Waals surface area contributed by atoms with Crippen molar-refractivity contribution in [3.63, 3.8) is 0 Å². The van der Waals surface area contributed by atoms with E-state index in [4.69, 9.17) is 5.73 Å². The lowest BCUT2D eigenvalue weighted by molar-refractivity contribution is 0.0895. The lowest BCUT2D eigenvalue weighted by Crippen LogP contribution is -2.52. The Morgan fingerprint density at radius 2 is 2.19 bits per heavy atom. The van der Waals surface area contributed by atoms with Crippen LogP contribution in [0, 0.1) is 0 Å². The smallest absolute Gasteiger partial charge is 0.251 e. The zero-order chi connectivity index (χ0) is 15.3. The number of carbonyl (C=O) groups is 1. The molecule has 2 aromatic rings. The second-order valence-corrected chi connectivity index (χ2v) is 4.89. The van der Waals surface area contributed by atoms with Gasteiger partial charge in [-0.3, -0.25) is 4.79 Å². The molecule has 2 rings (SSSR count). The summed E-state index contributed by atoms with van der Waals surface area (Å²) in [6, 6.07) is 3.35. The van der Waals surface area contributed by atoms with Crippen LogP contribution in [0.3, 0.4) is 0 Å². The predicted octanol–water partition coefficient (Wildman–Crippen LogP) is 0.910. The van der Waals surface area contributed by atoms with Crippen LogP contribution in [0.1, 0.15) is 37.0 Å². The maximum Gasteiger partial charge on any atom is 0.251 e. The number of nitrogens with zero attached hydrogens (tertiary/aromatic N) is 4. The van der Waals surface area contributed by atoms with Crippen LogP contribution >= 0.6 is 0 Å². The molecule has 2 aromatic heterocycles. The summed E-state index contributed by atoms with van der Waals surface area (Å²) in [6.07, 6.45) is 6.10. The number of carbonyl (C=O) groups excluding carboxylic acids is 1. The topological polar surface area (TPSA) is 98.7 Å². The Bertz CT molecular complexity index is 583. The number of aromatic nitrogens is 4. The third-order valence-electron chi connectivity index (χ3n) is 3.78. The molecule has 0 aliphatic carbocycles. The molecule has 0 fully saturated rings. The molecule has 0 radical (unpaired) electrons. The van der Waals surface area contributed by atoms with Gasteiger partial charge in [-0.05, 0) is 25.0 Å². The fourth-order valence-corrected chi connectivity index (χ4v) is 2.09. The number of hydrogen-bond acceptors (Lipinski definition) is 5. The Labute approximate surface area is 123 Å². The molecule has 1 amide bonds. The van der Waals surface area contributed by atoms with Crippen LogP contribution in [0.15, 0.2) is 31.0 Å². The molecule has 0 aromatic carbocycles. The summed E-state index contributed by atoms with van der Waals surface area (Å²) in [4.78, 5) is 20.5. The summed E-state index contributed by atoms with van der Waals surface area (Å²) in [5.74, 6) is 0.388. The molecule has 0 spiro atoms. The van der Waals surface area contributed by atoms with Gasteiger partial charge in [-0.25, -0.2) is 14.6 Å². The molecule has 0 bridgehead atoms. The van der Waals surface area contributed by atoms with E-state index in [1.54, 1.807) is 18.3 Å². The largest absolute Gasteiger partial charge is 0.345 e. The number of hydrogen-bond donors (Lipinski definition) is 2. The second kappa shape index (κ2) is 6.45. The highest BCUT2D eigenvalue weighted by molar-refractivity contribution is 5.95. The molecule has 7 nitrogen and oxygen atoms in total. The van der Waals surface area contributed by atoms with Crippen LogP contribution in [0.25, 0.3) is 5.82 Å². The fourth-order valence-electron chi connectivity index (χ4n) is 2.09. The van der Waals surface area contributed by atoms with Crippen LogP contribution in [-0.2, 0) is 0 Å². The van der Waals surface area contributed by atoms with Crippen molar-refractivity contribution in [1.29, 1.82) is 0 Å². The summed E-state index contributed by atoms with van der Waals surface area (Å²) in [6.45, 7) is 4.45. The molecule has 2 heterocycles. The summed E-state index contributed by atoms with van der Waals surface area (Å²) < 4.78 is 1.51. The minimum Gasteiger partial charge on any atom is -0.345 e. The van der Waals surface area contributed by atoms with Crippen LogP contribution in [0.2, 0.25) is 0 Å². The molecule has 0 saturated heterocycles. The number of amides is 1. The third kappa shape index (κ3) is 3.25. The maximum atomic E-state index is 12.4. The van der Waals surface area contributed by atoms with Gasteiger partial charge in [-0.15, -0.1) is 0 Å². The Kier molecular flexibility index (Phi) is 4.64. The molecular formula is C14H20N6O. The molecule has 0 atom stereocenters. The van der Waals surface area contributed by atoms with E-state index in [1.165, 1.54) is 17.3 Å². The first-order valence-electron chi connectivity index (χ1n) is 6.97. The minimum absolute atomic E-state index is 0.159. The van der Waals surface area contributed by atoms with Crippen molar-refractivity contribution in [2.75, 3.05) is 6.54 Å². The van der Waals surface area contributed by atoms with Gasteiger partial charge in [-0.2, -0.15) is 5.10 Å². The van der Waals surface area contributed by atoms with Crippen molar-refractivity contribution in [2.24, 2.45) is 5.73 Å². The molecule has 7 heteroatoms. The van der Waals surface area contributed by atoms with E-state index in [0.29, 0.717) is 17.9 Å². The Hall–Kier alpha value is -2.28. The average molecular weight is 288 g/mol. The van der Waals surface area contributed by atoms with Gasteiger partial charge in [0.1, 0.15) is 12.7 Å². The number of rotatable bonds is 6. The van der Waals surface area contributed by atoms with Gasteiger partial charge in [-0.1, -0.05) is 13.8 Å². The maximum absolute atomic E-state index is 12.4. The molecule has 3 N–H and O–H groups in total. The summed E-state index contributed by atoms with van der Waals surface area (Å²) in [5.41, 5.74) is 5.97. The van der Waals surface area contributed by atoms with Crippen molar-refractivity contribution in [1.82, 2.24) is 25.1 Å². The highest BCUT2D eigenvalue weighted by Gasteiger charge is 2.26. The molecular weight excluding hydrogens is 268 g/mol. The first-order valence-corrected chi connectivity index (χ1v) is 6.97. The highest BCUT2D eigenvalue weighted by Crippen LogP contribution is 2.15. The summed E-state index contributed by atoms with van der Waals surface area (Å²) in [5, 5.41) is 7.03. The van der Waals surface area contributed by atoms with E-state index in [9.17, 15) is 4.79 Å². The van der Waals surface area contributed by atoms with Crippen molar-refractivity contribution in [2.45, 2.75) is 32.2 Å². The van der Waals surface area contributed by atoms with Gasteiger partial charge < -0.3 is 11.1 Å². The van der Waals surface area contributed by atoms with Crippen LogP contribution in [0.4, 0.5) is 0 Å². The standard InChI is InChI=1S/C14H20N6O/c1-3-14(4-2,8-15)19-13(21)11-5-6-17-12(7-11)20-10-16-9-18-20/h5-7,9-10H,3-4,8,15H2,1-2H3,(H,19,21). The quantitative estimate of drug-likeness (QED) is 0.823. The van der Waals surface area contributed by atoms with Gasteiger partial charge in [0.25, 0.3) is 5.91 Å². The van der Waals surface area contributed by atoms with E-state index >= 15 is 0 Å². The van der Waals surface area contributed by atoms with E-state index in [0.717, 1.165) is 12.8 Å². The second-order valence-electron chi connectivity index (χ2n) is 4.89. The lowest BCUT2D eigenvalue weighted by Gasteiger charge is -2.31. The molecule has 0 saturated carbocycles. The van der Waals surface area contributed by atoms with Gasteiger partial charge in [0.2, 0.25) is 0 Å². The third-order valence-corrected chi connectivity index (χ3v) is 3.78. The Morgan fingerprint density at radius 1 is 1.43 bits per heavy atom. The molecule has 21 heavy (non-hydrogen) atoms. The van der Waals surface area contributed by atoms with E-state index < -0.39 is 0 Å². The van der Waals surface area contributed by atoms with Gasteiger partial charge in [0, 0.05) is 18.3 Å². The number of pyridine rings is 1. The van der Waals surface area contributed by atoms with E-state index in [-0.39, 0.29) is 11.4 Å². The zero-order valence-corrected chi connectivity index (χ0v) is 12.3. The summed E-state index contributed by atoms with van der Waals surface area (Å²) in [7, 11) is 0. The van der Waals surface area contributed by atoms with Crippen LogP contribution in [-0.4, -0.2) is 37.7 Å². The van der Waals surface area contributed by atoms with E-state index in [1.807, 2.05) is 13.8 Å². The highest BCUT2D eigenvalue weighted by atomic mass is 16.1. The minimum atomic E-state index is -0.367. The van der Waals surface area contributed by atoms with Crippen LogP contribution in [0.5, 0.6) is 0 Å². The molecule has 0 aliphatic rings. The van der Waals surface area contributed by atoms with Crippen molar-refractivity contribution in [3.05, 3.63) is 36.5 Å². The number of nitrogens with two attached hydrogens (primary N) is 1. The van der Waals surface area contributed by atoms with Gasteiger partial charge in [0.15, 0.2) is 5.82 Å². The first kappa shape index (κ1) is 15.1. The average Bonchev–Trinajstić information content (AvgIpc) is 3.07. The van der Waals surface area contributed by atoms with Crippen molar-refractivity contribution in [3.8, 4) is 5.82 Å². The van der Waals surface area contributed by atoms with Crippen LogP contribution < -0.4 is 11.1 Å². The normalized spacial score (nSPS) is 11.4. The SMILES string of the molecule is CCC(CC)(CN)NC(=O)c1ccnc(-n2cncn2)c1. The van der Waals surface area contributed by atoms with E-state index in [2.05, 4.69) is 20.4 Å². The molecule has 0 aliphatic heterocycles. The Morgan fingerprint density at radius 3 is 2.76 bits per heavy atom. The molecule has 112 valence electrons. The number of nitrogens with one attached hydrogen (secondary N) is 1. The zero-order valence-electron chi connectivity index (χ0n) is 12.3. The van der Waals surface area contributed by atoms with Gasteiger partial charge >= 0.3 is 0 Å². The monoisotopic (exact) mass is 288 g/mol.